The van der Waals surface area contributed by atoms with E-state index in [2.05, 4.69) is 13.8 Å². The summed E-state index contributed by atoms with van der Waals surface area (Å²) in [4.78, 5) is 24.7. The van der Waals surface area contributed by atoms with Crippen LogP contribution in [-0.2, 0) is 0 Å². The molecule has 2 aromatic carbocycles. The zero-order valence-electron chi connectivity index (χ0n) is 19.0. The van der Waals surface area contributed by atoms with Crippen molar-refractivity contribution in [2.24, 2.45) is 5.92 Å². The van der Waals surface area contributed by atoms with Gasteiger partial charge >= 0.3 is 5.97 Å². The number of hydrogen-bond acceptors (Lipinski definition) is 5. The first kappa shape index (κ1) is 24.4. The summed E-state index contributed by atoms with van der Waals surface area (Å²) in [6, 6.07) is 11.1. The molecule has 0 fully saturated rings. The number of unbranched alkanes of at least 4 members (excludes halogenated alkanes) is 3. The highest BCUT2D eigenvalue weighted by Crippen LogP contribution is 2.27. The Labute approximate surface area is 185 Å². The van der Waals surface area contributed by atoms with Gasteiger partial charge in [0.25, 0.3) is 0 Å². The van der Waals surface area contributed by atoms with Crippen LogP contribution in [0.5, 0.6) is 17.2 Å². The number of carbonyl (C=O) groups excluding carboxylic acids is 2. The summed E-state index contributed by atoms with van der Waals surface area (Å²) in [5.74, 6) is -0.145. The minimum atomic E-state index is -0.542. The van der Waals surface area contributed by atoms with E-state index in [9.17, 15) is 14.7 Å². The zero-order chi connectivity index (χ0) is 22.8. The fourth-order valence-corrected chi connectivity index (χ4v) is 3.22. The second-order valence-corrected chi connectivity index (χ2v) is 8.04. The van der Waals surface area contributed by atoms with Gasteiger partial charge in [0.1, 0.15) is 17.2 Å². The Bertz CT molecular complexity index is 857. The summed E-state index contributed by atoms with van der Waals surface area (Å²) in [5.41, 5.74) is 0.613. The molecule has 0 aliphatic rings. The highest BCUT2D eigenvalue weighted by Gasteiger charge is 2.18. The predicted octanol–water partition coefficient (Wildman–Crippen LogP) is 6.58. The van der Waals surface area contributed by atoms with Crippen LogP contribution in [0.4, 0.5) is 0 Å². The van der Waals surface area contributed by atoms with E-state index in [0.29, 0.717) is 17.7 Å². The predicted molar refractivity (Wildman–Crippen MR) is 122 cm³/mol. The van der Waals surface area contributed by atoms with E-state index < -0.39 is 5.97 Å². The van der Waals surface area contributed by atoms with Crippen molar-refractivity contribution in [3.63, 3.8) is 0 Å². The smallest absolute Gasteiger partial charge is 0.343 e. The summed E-state index contributed by atoms with van der Waals surface area (Å²) < 4.78 is 11.3. The van der Waals surface area contributed by atoms with Crippen LogP contribution in [0.1, 0.15) is 86.9 Å². The zero-order valence-corrected chi connectivity index (χ0v) is 19.0. The molecule has 2 aromatic rings. The number of carbonyl (C=O) groups is 2. The molecule has 5 nitrogen and oxygen atoms in total. The average molecular weight is 427 g/mol. The van der Waals surface area contributed by atoms with Crippen LogP contribution in [0.3, 0.4) is 0 Å². The van der Waals surface area contributed by atoms with Crippen LogP contribution >= 0.6 is 0 Å². The minimum absolute atomic E-state index is 0.120. The monoisotopic (exact) mass is 426 g/mol. The van der Waals surface area contributed by atoms with Gasteiger partial charge in [-0.1, -0.05) is 40.0 Å². The molecule has 5 heteroatoms. The minimum Gasteiger partial charge on any atom is -0.507 e. The molecule has 0 spiro atoms. The van der Waals surface area contributed by atoms with Gasteiger partial charge in [0.15, 0.2) is 5.78 Å². The quantitative estimate of drug-likeness (QED) is 0.180. The maximum absolute atomic E-state index is 12.4. The standard InChI is InChI=1S/C26H34O5/c1-5-7-8-9-10-19(4)30-21-13-11-20(12-14-21)26(29)31-22-15-16-23(24(27)17-22)25(28)18(3)6-2/h11-19,27H,5-10H2,1-4H3/t18-,19-/m0/s1. The van der Waals surface area contributed by atoms with Crippen molar-refractivity contribution in [3.8, 4) is 17.2 Å². The summed E-state index contributed by atoms with van der Waals surface area (Å²) in [6.07, 6.45) is 6.64. The van der Waals surface area contributed by atoms with E-state index in [1.54, 1.807) is 24.3 Å². The lowest BCUT2D eigenvalue weighted by Gasteiger charge is -2.15. The van der Waals surface area contributed by atoms with Crippen LogP contribution in [0.25, 0.3) is 0 Å². The van der Waals surface area contributed by atoms with Crippen LogP contribution in [0.15, 0.2) is 42.5 Å². The molecule has 0 aliphatic carbocycles. The SMILES string of the molecule is CCCCCC[C@H](C)Oc1ccc(C(=O)Oc2ccc(C(=O)[C@@H](C)CC)c(O)c2)cc1. The van der Waals surface area contributed by atoms with Crippen molar-refractivity contribution in [2.45, 2.75) is 72.3 Å². The highest BCUT2D eigenvalue weighted by atomic mass is 16.5. The maximum Gasteiger partial charge on any atom is 0.343 e. The van der Waals surface area contributed by atoms with E-state index in [1.165, 1.54) is 37.5 Å². The first-order chi connectivity index (χ1) is 14.8. The largest absolute Gasteiger partial charge is 0.507 e. The van der Waals surface area contributed by atoms with Crippen molar-refractivity contribution < 1.29 is 24.2 Å². The molecule has 0 unspecified atom stereocenters. The molecule has 0 bridgehead atoms. The topological polar surface area (TPSA) is 72.8 Å². The fraction of sp³-hybridized carbons (Fsp3) is 0.462. The number of rotatable bonds is 12. The van der Waals surface area contributed by atoms with Crippen molar-refractivity contribution in [1.29, 1.82) is 0 Å². The van der Waals surface area contributed by atoms with Crippen molar-refractivity contribution in [2.75, 3.05) is 0 Å². The Morgan fingerprint density at radius 3 is 2.23 bits per heavy atom. The van der Waals surface area contributed by atoms with Gasteiger partial charge in [0.05, 0.1) is 17.2 Å². The van der Waals surface area contributed by atoms with Gasteiger partial charge in [0, 0.05) is 12.0 Å². The van der Waals surface area contributed by atoms with E-state index in [-0.39, 0.29) is 34.9 Å². The van der Waals surface area contributed by atoms with Gasteiger partial charge in [-0.05, 0) is 62.6 Å². The third kappa shape index (κ3) is 7.42. The molecule has 0 saturated carbocycles. The van der Waals surface area contributed by atoms with Crippen LogP contribution < -0.4 is 9.47 Å². The molecular weight excluding hydrogens is 392 g/mol. The second kappa shape index (κ2) is 12.1. The average Bonchev–Trinajstić information content (AvgIpc) is 2.76. The first-order valence-electron chi connectivity index (χ1n) is 11.2. The van der Waals surface area contributed by atoms with E-state index in [0.717, 1.165) is 12.8 Å². The van der Waals surface area contributed by atoms with E-state index in [4.69, 9.17) is 9.47 Å². The van der Waals surface area contributed by atoms with Gasteiger partial charge in [-0.2, -0.15) is 0 Å². The number of ether oxygens (including phenoxy) is 2. The van der Waals surface area contributed by atoms with Crippen molar-refractivity contribution >= 4 is 11.8 Å². The molecule has 0 radical (unpaired) electrons. The molecule has 168 valence electrons. The van der Waals surface area contributed by atoms with Crippen LogP contribution in [0.2, 0.25) is 0 Å². The Morgan fingerprint density at radius 2 is 1.61 bits per heavy atom. The van der Waals surface area contributed by atoms with E-state index >= 15 is 0 Å². The molecule has 2 rings (SSSR count). The van der Waals surface area contributed by atoms with Gasteiger partial charge in [-0.25, -0.2) is 4.79 Å². The lowest BCUT2D eigenvalue weighted by atomic mass is 9.96. The molecule has 0 heterocycles. The molecule has 31 heavy (non-hydrogen) atoms. The number of esters is 1. The number of benzene rings is 2. The molecule has 0 amide bonds. The third-order valence-corrected chi connectivity index (χ3v) is 5.40. The first-order valence-corrected chi connectivity index (χ1v) is 11.2. The second-order valence-electron chi connectivity index (χ2n) is 8.04. The number of aromatic hydroxyl groups is 1. The number of Topliss-reactive ketones (excluding diaryl/α,β-unsaturated/α-hetero) is 1. The van der Waals surface area contributed by atoms with Crippen LogP contribution in [0, 0.1) is 5.92 Å². The Morgan fingerprint density at radius 1 is 0.935 bits per heavy atom. The summed E-state index contributed by atoms with van der Waals surface area (Å²) >= 11 is 0. The Hall–Kier alpha value is -2.82. The number of hydrogen-bond donors (Lipinski definition) is 1. The third-order valence-electron chi connectivity index (χ3n) is 5.40. The maximum atomic E-state index is 12.4. The number of phenolic OH excluding ortho intramolecular Hbond substituents is 1. The van der Waals surface area contributed by atoms with Crippen molar-refractivity contribution in [1.82, 2.24) is 0 Å². The number of ketones is 1. The lowest BCUT2D eigenvalue weighted by Crippen LogP contribution is -2.12. The summed E-state index contributed by atoms with van der Waals surface area (Å²) in [6.45, 7) is 7.98. The normalized spacial score (nSPS) is 12.8. The van der Waals surface area contributed by atoms with E-state index in [1.807, 2.05) is 13.8 Å². The van der Waals surface area contributed by atoms with Gasteiger partial charge in [-0.15, -0.1) is 0 Å². The molecule has 0 aromatic heterocycles. The summed E-state index contributed by atoms with van der Waals surface area (Å²) in [5, 5.41) is 10.2. The molecule has 0 aliphatic heterocycles. The number of phenols is 1. The van der Waals surface area contributed by atoms with Gasteiger partial charge in [-0.3, -0.25) is 4.79 Å². The van der Waals surface area contributed by atoms with Crippen molar-refractivity contribution in [3.05, 3.63) is 53.6 Å². The Kier molecular flexibility index (Phi) is 9.57. The van der Waals surface area contributed by atoms with Gasteiger partial charge < -0.3 is 14.6 Å². The highest BCUT2D eigenvalue weighted by molar-refractivity contribution is 6.00. The lowest BCUT2D eigenvalue weighted by molar-refractivity contribution is 0.0734. The fourth-order valence-electron chi connectivity index (χ4n) is 3.22. The molecule has 0 saturated heterocycles. The molecule has 2 atom stereocenters. The van der Waals surface area contributed by atoms with Crippen LogP contribution in [-0.4, -0.2) is 23.0 Å². The molecular formula is C26H34O5. The molecule has 1 N–H and O–H groups in total. The van der Waals surface area contributed by atoms with Gasteiger partial charge in [0.2, 0.25) is 0 Å². The Balaban J connectivity index is 1.94. The summed E-state index contributed by atoms with van der Waals surface area (Å²) in [7, 11) is 0.